The molecule has 3 aromatic rings. The Kier molecular flexibility index (Phi) is 7.84. The molecule has 9 heteroatoms. The van der Waals surface area contributed by atoms with E-state index in [2.05, 4.69) is 4.90 Å². The summed E-state index contributed by atoms with van der Waals surface area (Å²) < 4.78 is 53.3. The van der Waals surface area contributed by atoms with Crippen molar-refractivity contribution in [3.63, 3.8) is 0 Å². The van der Waals surface area contributed by atoms with Crippen LogP contribution >= 0.6 is 11.6 Å². The lowest BCUT2D eigenvalue weighted by molar-refractivity contribution is 0.206. The summed E-state index contributed by atoms with van der Waals surface area (Å²) in [5.41, 5.74) is 1.63. The zero-order chi connectivity index (χ0) is 25.0. The van der Waals surface area contributed by atoms with Crippen LogP contribution in [0.3, 0.4) is 0 Å². The van der Waals surface area contributed by atoms with Gasteiger partial charge in [-0.2, -0.15) is 0 Å². The van der Waals surface area contributed by atoms with Crippen LogP contribution in [0.4, 0.5) is 10.1 Å². The third-order valence-corrected chi connectivity index (χ3v) is 8.35. The van der Waals surface area contributed by atoms with Gasteiger partial charge in [0, 0.05) is 36.8 Å². The predicted molar refractivity (Wildman–Crippen MR) is 135 cm³/mol. The first-order valence-electron chi connectivity index (χ1n) is 11.3. The number of rotatable bonds is 8. The van der Waals surface area contributed by atoms with Gasteiger partial charge in [0.05, 0.1) is 24.8 Å². The fourth-order valence-corrected chi connectivity index (χ4v) is 6.22. The van der Waals surface area contributed by atoms with Crippen LogP contribution in [0.5, 0.6) is 11.5 Å². The Morgan fingerprint density at radius 3 is 2.17 bits per heavy atom. The molecule has 0 spiro atoms. The smallest absolute Gasteiger partial charge is 0.264 e. The fraction of sp³-hybridized carbons (Fsp3) is 0.308. The molecule has 4 rings (SSSR count). The highest BCUT2D eigenvalue weighted by atomic mass is 35.5. The van der Waals surface area contributed by atoms with Crippen molar-refractivity contribution in [3.05, 3.63) is 83.1 Å². The Labute approximate surface area is 210 Å². The molecule has 35 heavy (non-hydrogen) atoms. The Balaban J connectivity index is 1.62. The van der Waals surface area contributed by atoms with E-state index in [-0.39, 0.29) is 10.9 Å². The Bertz CT molecular complexity index is 1250. The maximum atomic E-state index is 13.8. The van der Waals surface area contributed by atoms with E-state index < -0.39 is 15.8 Å². The lowest BCUT2D eigenvalue weighted by Crippen LogP contribution is -2.47. The Hall–Kier alpha value is -2.81. The zero-order valence-corrected chi connectivity index (χ0v) is 21.2. The van der Waals surface area contributed by atoms with Crippen LogP contribution in [0.2, 0.25) is 5.02 Å². The maximum absolute atomic E-state index is 13.8. The molecule has 3 aromatic carbocycles. The largest absolute Gasteiger partial charge is 0.493 e. The number of benzene rings is 3. The summed E-state index contributed by atoms with van der Waals surface area (Å²) in [5, 5.41) is 0.698. The third-order valence-electron chi connectivity index (χ3n) is 6.20. The molecule has 1 aliphatic heterocycles. The molecule has 186 valence electrons. The highest BCUT2D eigenvalue weighted by Gasteiger charge is 2.34. The predicted octanol–water partition coefficient (Wildman–Crippen LogP) is 5.36. The van der Waals surface area contributed by atoms with Crippen molar-refractivity contribution in [3.8, 4) is 11.5 Å². The molecule has 0 radical (unpaired) electrons. The maximum Gasteiger partial charge on any atom is 0.264 e. The van der Waals surface area contributed by atoms with Crippen molar-refractivity contribution >= 4 is 27.3 Å². The number of piperidine rings is 1. The lowest BCUT2D eigenvalue weighted by atomic mass is 10.0. The molecule has 1 fully saturated rings. The Morgan fingerprint density at radius 1 is 0.943 bits per heavy atom. The van der Waals surface area contributed by atoms with Crippen molar-refractivity contribution in [2.45, 2.75) is 30.3 Å². The second-order valence-electron chi connectivity index (χ2n) is 8.43. The minimum atomic E-state index is -3.96. The fourth-order valence-electron chi connectivity index (χ4n) is 4.39. The average Bonchev–Trinajstić information content (AvgIpc) is 2.86. The van der Waals surface area contributed by atoms with Crippen molar-refractivity contribution < 1.29 is 22.3 Å². The van der Waals surface area contributed by atoms with E-state index in [1.807, 2.05) is 24.3 Å². The number of ether oxygens (including phenoxy) is 2. The van der Waals surface area contributed by atoms with Crippen molar-refractivity contribution in [1.29, 1.82) is 0 Å². The van der Waals surface area contributed by atoms with Crippen LogP contribution in [-0.2, 0) is 16.6 Å². The standard InChI is InChI=1S/C26H28ClFN2O4S/c1-33-25-12-9-23(17-26(25)34-2)30(35(31,32)24-10-7-21(28)8-11-24)22-13-15-29(16-14-22)18-19-3-5-20(27)6-4-19/h3-12,17,22H,13-16,18H2,1-2H3. The number of sulfonamides is 1. The quantitative estimate of drug-likeness (QED) is 0.402. The van der Waals surface area contributed by atoms with Crippen molar-refractivity contribution in [2.75, 3.05) is 31.6 Å². The number of hydrogen-bond acceptors (Lipinski definition) is 5. The molecule has 0 atom stereocenters. The molecule has 0 amide bonds. The van der Waals surface area contributed by atoms with Gasteiger partial charge in [-0.3, -0.25) is 9.21 Å². The van der Waals surface area contributed by atoms with Gasteiger partial charge < -0.3 is 9.47 Å². The molecule has 0 aromatic heterocycles. The van der Waals surface area contributed by atoms with Crippen molar-refractivity contribution in [2.24, 2.45) is 0 Å². The number of methoxy groups -OCH3 is 2. The van der Waals surface area contributed by atoms with Gasteiger partial charge in [-0.05, 0) is 66.9 Å². The second-order valence-corrected chi connectivity index (χ2v) is 10.7. The van der Waals surface area contributed by atoms with Gasteiger partial charge in [0.2, 0.25) is 0 Å². The summed E-state index contributed by atoms with van der Waals surface area (Å²) in [4.78, 5) is 2.34. The third kappa shape index (κ3) is 5.72. The monoisotopic (exact) mass is 518 g/mol. The van der Waals surface area contributed by atoms with Crippen LogP contribution in [0.15, 0.2) is 71.6 Å². The molecule has 1 heterocycles. The lowest BCUT2D eigenvalue weighted by Gasteiger charge is -2.39. The SMILES string of the molecule is COc1ccc(N(C2CCN(Cc3ccc(Cl)cc3)CC2)S(=O)(=O)c2ccc(F)cc2)cc1OC. The summed E-state index contributed by atoms with van der Waals surface area (Å²) in [5.74, 6) is 0.453. The number of nitrogens with zero attached hydrogens (tertiary/aromatic N) is 2. The first kappa shape index (κ1) is 25.3. The molecule has 0 saturated carbocycles. The van der Waals surface area contributed by atoms with E-state index in [0.29, 0.717) is 35.1 Å². The summed E-state index contributed by atoms with van der Waals surface area (Å²) >= 11 is 6.00. The molecular formula is C26H28ClFN2O4S. The van der Waals surface area contributed by atoms with Gasteiger partial charge in [-0.25, -0.2) is 12.8 Å². The highest BCUT2D eigenvalue weighted by Crippen LogP contribution is 2.37. The highest BCUT2D eigenvalue weighted by molar-refractivity contribution is 7.92. The minimum Gasteiger partial charge on any atom is -0.493 e. The van der Waals surface area contributed by atoms with E-state index in [9.17, 15) is 12.8 Å². The van der Waals surface area contributed by atoms with E-state index >= 15 is 0 Å². The van der Waals surface area contributed by atoms with E-state index in [0.717, 1.165) is 37.3 Å². The van der Waals surface area contributed by atoms with E-state index in [4.69, 9.17) is 21.1 Å². The molecule has 0 unspecified atom stereocenters. The van der Waals surface area contributed by atoms with Gasteiger partial charge in [0.25, 0.3) is 10.0 Å². The van der Waals surface area contributed by atoms with Gasteiger partial charge in [-0.1, -0.05) is 23.7 Å². The molecule has 0 aliphatic carbocycles. The van der Waals surface area contributed by atoms with Gasteiger partial charge >= 0.3 is 0 Å². The summed E-state index contributed by atoms with van der Waals surface area (Å²) in [6.45, 7) is 2.23. The number of halogens is 2. The minimum absolute atomic E-state index is 0.0391. The summed E-state index contributed by atoms with van der Waals surface area (Å²) in [7, 11) is -0.921. The van der Waals surface area contributed by atoms with E-state index in [1.54, 1.807) is 18.2 Å². The molecule has 1 aliphatic rings. The van der Waals surface area contributed by atoms with Crippen LogP contribution in [0.1, 0.15) is 18.4 Å². The summed E-state index contributed by atoms with van der Waals surface area (Å²) in [6.07, 6.45) is 1.28. The molecular weight excluding hydrogens is 491 g/mol. The topological polar surface area (TPSA) is 59.1 Å². The Morgan fingerprint density at radius 2 is 1.57 bits per heavy atom. The first-order valence-corrected chi connectivity index (χ1v) is 13.1. The zero-order valence-electron chi connectivity index (χ0n) is 19.7. The molecule has 0 bridgehead atoms. The average molecular weight is 519 g/mol. The van der Waals surface area contributed by atoms with Crippen LogP contribution in [0.25, 0.3) is 0 Å². The molecule has 6 nitrogen and oxygen atoms in total. The molecule has 1 saturated heterocycles. The number of hydrogen-bond donors (Lipinski definition) is 0. The van der Waals surface area contributed by atoms with Gasteiger partial charge in [-0.15, -0.1) is 0 Å². The van der Waals surface area contributed by atoms with Crippen molar-refractivity contribution in [1.82, 2.24) is 4.90 Å². The summed E-state index contributed by atoms with van der Waals surface area (Å²) in [6, 6.07) is 17.5. The first-order chi connectivity index (χ1) is 16.8. The second kappa shape index (κ2) is 10.8. The van der Waals surface area contributed by atoms with Gasteiger partial charge in [0.1, 0.15) is 5.82 Å². The number of likely N-dealkylation sites (tertiary alicyclic amines) is 1. The molecule has 0 N–H and O–H groups in total. The van der Waals surface area contributed by atoms with Gasteiger partial charge in [0.15, 0.2) is 11.5 Å². The number of anilines is 1. The van der Waals surface area contributed by atoms with Crippen LogP contribution in [0, 0.1) is 5.82 Å². The van der Waals surface area contributed by atoms with E-state index in [1.165, 1.54) is 30.7 Å². The normalized spacial score (nSPS) is 15.1. The van der Waals surface area contributed by atoms with Crippen LogP contribution < -0.4 is 13.8 Å². The van der Waals surface area contributed by atoms with Crippen LogP contribution in [-0.4, -0.2) is 46.7 Å².